The Bertz CT molecular complexity index is 2860. The van der Waals surface area contributed by atoms with Gasteiger partial charge in [-0.25, -0.2) is 9.97 Å². The maximum absolute atomic E-state index is 5.36. The van der Waals surface area contributed by atoms with Crippen LogP contribution in [0.4, 0.5) is 0 Å². The molecule has 0 saturated heterocycles. The van der Waals surface area contributed by atoms with E-state index in [1.54, 1.807) is 0 Å². The highest BCUT2D eigenvalue weighted by atomic mass is 32.1. The molecular formula is C48H30N2S. The second kappa shape index (κ2) is 12.2. The predicted octanol–water partition coefficient (Wildman–Crippen LogP) is 13.5. The zero-order valence-corrected chi connectivity index (χ0v) is 28.4. The highest BCUT2D eigenvalue weighted by Crippen LogP contribution is 2.41. The summed E-state index contributed by atoms with van der Waals surface area (Å²) in [7, 11) is 0. The minimum absolute atomic E-state index is 0.706. The van der Waals surface area contributed by atoms with Crippen molar-refractivity contribution in [3.63, 3.8) is 0 Å². The number of fused-ring (bicyclic) bond motifs is 5. The third kappa shape index (κ3) is 5.27. The number of aromatic nitrogens is 2. The molecule has 0 aliphatic heterocycles. The number of hydrogen-bond donors (Lipinski definition) is 0. The number of hydrogen-bond acceptors (Lipinski definition) is 3. The van der Waals surface area contributed by atoms with Gasteiger partial charge in [-0.15, -0.1) is 11.3 Å². The molecule has 3 heteroatoms. The number of thiophene rings is 1. The SMILES string of the molecule is c1ccc(-c2ccc(-c3nc(-c4ccc(-c5cc6ccccc6s5)cc4)cc(-c4c5ccccc5cc5c4ccc4ccccc45)n3)cc2)cc1. The molecule has 10 rings (SSSR count). The molecule has 0 N–H and O–H groups in total. The predicted molar refractivity (Wildman–Crippen MR) is 217 cm³/mol. The van der Waals surface area contributed by atoms with Crippen LogP contribution in [0.2, 0.25) is 0 Å². The summed E-state index contributed by atoms with van der Waals surface area (Å²) < 4.78 is 1.30. The van der Waals surface area contributed by atoms with E-state index in [1.807, 2.05) is 17.4 Å². The molecule has 2 heterocycles. The first-order valence-corrected chi connectivity index (χ1v) is 18.0. The van der Waals surface area contributed by atoms with E-state index < -0.39 is 0 Å². The molecule has 0 amide bonds. The van der Waals surface area contributed by atoms with Crippen molar-refractivity contribution < 1.29 is 0 Å². The molecule has 10 aromatic rings. The highest BCUT2D eigenvalue weighted by Gasteiger charge is 2.17. The molecule has 0 aliphatic carbocycles. The molecule has 0 bridgehead atoms. The fourth-order valence-electron chi connectivity index (χ4n) is 7.32. The zero-order valence-electron chi connectivity index (χ0n) is 27.6. The van der Waals surface area contributed by atoms with Crippen LogP contribution in [0.15, 0.2) is 182 Å². The van der Waals surface area contributed by atoms with Crippen molar-refractivity contribution >= 4 is 53.7 Å². The molecule has 2 nitrogen and oxygen atoms in total. The molecule has 238 valence electrons. The van der Waals surface area contributed by atoms with E-state index >= 15 is 0 Å². The van der Waals surface area contributed by atoms with Crippen molar-refractivity contribution in [2.24, 2.45) is 0 Å². The van der Waals surface area contributed by atoms with Gasteiger partial charge in [-0.3, -0.25) is 0 Å². The smallest absolute Gasteiger partial charge is 0.160 e. The Morgan fingerprint density at radius 1 is 0.333 bits per heavy atom. The Morgan fingerprint density at radius 2 is 0.941 bits per heavy atom. The Labute approximate surface area is 300 Å². The van der Waals surface area contributed by atoms with Gasteiger partial charge in [-0.05, 0) is 78.7 Å². The number of rotatable bonds is 5. The van der Waals surface area contributed by atoms with Gasteiger partial charge >= 0.3 is 0 Å². The molecule has 2 aromatic heterocycles. The maximum atomic E-state index is 5.36. The lowest BCUT2D eigenvalue weighted by Crippen LogP contribution is -1.97. The normalized spacial score (nSPS) is 11.5. The third-order valence-corrected chi connectivity index (χ3v) is 11.1. The van der Waals surface area contributed by atoms with Crippen molar-refractivity contribution in [2.75, 3.05) is 0 Å². The minimum atomic E-state index is 0.706. The van der Waals surface area contributed by atoms with Crippen LogP contribution in [-0.4, -0.2) is 9.97 Å². The average Bonchev–Trinajstić information content (AvgIpc) is 3.65. The molecule has 8 aromatic carbocycles. The molecule has 0 fully saturated rings. The largest absolute Gasteiger partial charge is 0.228 e. The Hall–Kier alpha value is -6.42. The molecule has 0 unspecified atom stereocenters. The van der Waals surface area contributed by atoms with Crippen LogP contribution in [0, 0.1) is 0 Å². The second-order valence-electron chi connectivity index (χ2n) is 13.0. The number of nitrogens with zero attached hydrogens (tertiary/aromatic N) is 2. The second-order valence-corrected chi connectivity index (χ2v) is 14.1. The summed E-state index contributed by atoms with van der Waals surface area (Å²) in [6, 6.07) is 65.1. The quantitative estimate of drug-likeness (QED) is 0.135. The van der Waals surface area contributed by atoms with E-state index in [0.29, 0.717) is 5.82 Å². The van der Waals surface area contributed by atoms with Gasteiger partial charge in [0.1, 0.15) is 0 Å². The lowest BCUT2D eigenvalue weighted by molar-refractivity contribution is 1.19. The van der Waals surface area contributed by atoms with E-state index in [-0.39, 0.29) is 0 Å². The van der Waals surface area contributed by atoms with Crippen LogP contribution >= 0.6 is 11.3 Å². The Kier molecular flexibility index (Phi) is 7.04. The van der Waals surface area contributed by atoms with Gasteiger partial charge < -0.3 is 0 Å². The van der Waals surface area contributed by atoms with E-state index in [4.69, 9.17) is 9.97 Å². The summed E-state index contributed by atoms with van der Waals surface area (Å²) >= 11 is 1.83. The molecule has 0 spiro atoms. The van der Waals surface area contributed by atoms with Crippen molar-refractivity contribution in [3.05, 3.63) is 182 Å². The fourth-order valence-corrected chi connectivity index (χ4v) is 8.39. The maximum Gasteiger partial charge on any atom is 0.160 e. The topological polar surface area (TPSA) is 25.8 Å². The van der Waals surface area contributed by atoms with Gasteiger partial charge in [0.25, 0.3) is 0 Å². The summed E-state index contributed by atoms with van der Waals surface area (Å²) in [5, 5.41) is 8.52. The molecular weight excluding hydrogens is 637 g/mol. The van der Waals surface area contributed by atoms with Gasteiger partial charge in [0.2, 0.25) is 0 Å². The van der Waals surface area contributed by atoms with E-state index in [2.05, 4.69) is 176 Å². The standard InChI is InChI=1S/C48H30N2S/c1-2-10-31(11-3-1)32-18-24-36(25-19-32)48-49-43(34-20-22-35(23-21-34)46-29-38-14-6-9-17-45(38)51-46)30-44(50-48)47-40-16-8-5-13-37(40)28-42-39-15-7-4-12-33(39)26-27-41(42)47/h1-30H. The molecule has 0 radical (unpaired) electrons. The average molecular weight is 667 g/mol. The first-order chi connectivity index (χ1) is 25.2. The van der Waals surface area contributed by atoms with Crippen LogP contribution in [0.5, 0.6) is 0 Å². The monoisotopic (exact) mass is 666 g/mol. The Morgan fingerprint density at radius 3 is 1.75 bits per heavy atom. The third-order valence-electron chi connectivity index (χ3n) is 9.89. The van der Waals surface area contributed by atoms with Gasteiger partial charge in [0, 0.05) is 26.3 Å². The molecule has 0 atom stereocenters. The van der Waals surface area contributed by atoms with Crippen LogP contribution in [0.3, 0.4) is 0 Å². The summed E-state index contributed by atoms with van der Waals surface area (Å²) in [5.74, 6) is 0.706. The summed E-state index contributed by atoms with van der Waals surface area (Å²) in [6.07, 6.45) is 0. The lowest BCUT2D eigenvalue weighted by Gasteiger charge is -2.15. The summed E-state index contributed by atoms with van der Waals surface area (Å²) in [4.78, 5) is 11.9. The van der Waals surface area contributed by atoms with E-state index in [0.717, 1.165) is 28.1 Å². The van der Waals surface area contributed by atoms with Crippen molar-refractivity contribution in [2.45, 2.75) is 0 Å². The summed E-state index contributed by atoms with van der Waals surface area (Å²) in [5.41, 5.74) is 8.53. The van der Waals surface area contributed by atoms with E-state index in [1.165, 1.54) is 64.0 Å². The van der Waals surface area contributed by atoms with Crippen LogP contribution < -0.4 is 0 Å². The molecule has 0 aliphatic rings. The molecule has 0 saturated carbocycles. The van der Waals surface area contributed by atoms with Gasteiger partial charge in [0.15, 0.2) is 5.82 Å². The van der Waals surface area contributed by atoms with E-state index in [9.17, 15) is 0 Å². The zero-order chi connectivity index (χ0) is 33.7. The first kappa shape index (κ1) is 29.5. The first-order valence-electron chi connectivity index (χ1n) is 17.2. The van der Waals surface area contributed by atoms with Crippen molar-refractivity contribution in [1.82, 2.24) is 9.97 Å². The fraction of sp³-hybridized carbons (Fsp3) is 0. The van der Waals surface area contributed by atoms with Crippen LogP contribution in [0.1, 0.15) is 0 Å². The lowest BCUT2D eigenvalue weighted by atomic mass is 9.91. The van der Waals surface area contributed by atoms with Crippen molar-refractivity contribution in [3.8, 4) is 55.5 Å². The van der Waals surface area contributed by atoms with Crippen LogP contribution in [-0.2, 0) is 0 Å². The van der Waals surface area contributed by atoms with Gasteiger partial charge in [-0.1, -0.05) is 158 Å². The highest BCUT2D eigenvalue weighted by molar-refractivity contribution is 7.22. The Balaban J connectivity index is 1.17. The number of benzene rings is 8. The van der Waals surface area contributed by atoms with Gasteiger partial charge in [-0.2, -0.15) is 0 Å². The van der Waals surface area contributed by atoms with Crippen LogP contribution in [0.25, 0.3) is 97.9 Å². The molecule has 51 heavy (non-hydrogen) atoms. The van der Waals surface area contributed by atoms with Gasteiger partial charge in [0.05, 0.1) is 11.4 Å². The minimum Gasteiger partial charge on any atom is -0.228 e. The summed E-state index contributed by atoms with van der Waals surface area (Å²) in [6.45, 7) is 0. The van der Waals surface area contributed by atoms with Crippen molar-refractivity contribution in [1.29, 1.82) is 0 Å².